The largest absolute Gasteiger partial charge is 0.312 e. The van der Waals surface area contributed by atoms with Gasteiger partial charge in [0.15, 0.2) is 0 Å². The van der Waals surface area contributed by atoms with Crippen LogP contribution in [0.3, 0.4) is 0 Å². The van der Waals surface area contributed by atoms with E-state index in [-0.39, 0.29) is 5.69 Å². The van der Waals surface area contributed by atoms with Crippen molar-refractivity contribution in [2.75, 3.05) is 6.54 Å². The van der Waals surface area contributed by atoms with Crippen molar-refractivity contribution in [3.63, 3.8) is 0 Å². The first-order chi connectivity index (χ1) is 10.2. The molecule has 0 fully saturated rings. The molecular weight excluding hydrogens is 288 g/mol. The van der Waals surface area contributed by atoms with E-state index in [1.807, 2.05) is 18.2 Å². The van der Waals surface area contributed by atoms with Crippen LogP contribution in [0.15, 0.2) is 48.5 Å². The molecule has 21 heavy (non-hydrogen) atoms. The minimum absolute atomic E-state index is 0.0676. The maximum absolute atomic E-state index is 11.0. The molecule has 0 unspecified atom stereocenters. The van der Waals surface area contributed by atoms with Crippen molar-refractivity contribution >= 4 is 17.3 Å². The van der Waals surface area contributed by atoms with E-state index >= 15 is 0 Å². The SMILES string of the molecule is O=[N+]([O-])c1cccc(Cl)c1CNCCCc1ccccc1. The highest BCUT2D eigenvalue weighted by molar-refractivity contribution is 6.31. The lowest BCUT2D eigenvalue weighted by atomic mass is 10.1. The number of nitro benzene ring substituents is 1. The predicted molar refractivity (Wildman–Crippen MR) is 84.6 cm³/mol. The third-order valence-electron chi connectivity index (χ3n) is 3.25. The molecule has 0 aliphatic carbocycles. The summed E-state index contributed by atoms with van der Waals surface area (Å²) in [6, 6.07) is 15.0. The normalized spacial score (nSPS) is 10.5. The Morgan fingerprint density at radius 2 is 1.86 bits per heavy atom. The first kappa shape index (κ1) is 15.5. The topological polar surface area (TPSA) is 55.2 Å². The van der Waals surface area contributed by atoms with E-state index in [0.29, 0.717) is 17.1 Å². The van der Waals surface area contributed by atoms with Crippen molar-refractivity contribution in [3.05, 3.63) is 74.8 Å². The third-order valence-corrected chi connectivity index (χ3v) is 3.61. The number of nitrogens with zero attached hydrogens (tertiary/aromatic N) is 1. The molecule has 0 amide bonds. The lowest BCUT2D eigenvalue weighted by molar-refractivity contribution is -0.385. The fraction of sp³-hybridized carbons (Fsp3) is 0.250. The Balaban J connectivity index is 1.83. The Hall–Kier alpha value is -1.91. The van der Waals surface area contributed by atoms with Crippen molar-refractivity contribution in [1.82, 2.24) is 5.32 Å². The van der Waals surface area contributed by atoms with Crippen LogP contribution in [-0.4, -0.2) is 11.5 Å². The Morgan fingerprint density at radius 3 is 2.57 bits per heavy atom. The van der Waals surface area contributed by atoms with Gasteiger partial charge in [0.1, 0.15) is 0 Å². The molecule has 2 aromatic carbocycles. The van der Waals surface area contributed by atoms with Crippen LogP contribution in [0.5, 0.6) is 0 Å². The summed E-state index contributed by atoms with van der Waals surface area (Å²) in [6.45, 7) is 1.20. The monoisotopic (exact) mass is 304 g/mol. The van der Waals surface area contributed by atoms with Crippen LogP contribution in [0.2, 0.25) is 5.02 Å². The zero-order valence-electron chi connectivity index (χ0n) is 11.6. The molecule has 0 heterocycles. The smallest absolute Gasteiger partial charge is 0.275 e. The summed E-state index contributed by atoms with van der Waals surface area (Å²) in [5.74, 6) is 0. The van der Waals surface area contributed by atoms with E-state index in [4.69, 9.17) is 11.6 Å². The second kappa shape index (κ2) is 7.76. The molecule has 0 spiro atoms. The molecule has 0 aromatic heterocycles. The second-order valence-corrected chi connectivity index (χ2v) is 5.17. The van der Waals surface area contributed by atoms with Gasteiger partial charge in [0, 0.05) is 12.6 Å². The lowest BCUT2D eigenvalue weighted by Crippen LogP contribution is -2.16. The Labute approximate surface area is 128 Å². The highest BCUT2D eigenvalue weighted by Crippen LogP contribution is 2.25. The average Bonchev–Trinajstić information content (AvgIpc) is 2.49. The Morgan fingerprint density at radius 1 is 1.10 bits per heavy atom. The molecular formula is C16H17ClN2O2. The number of hydrogen-bond donors (Lipinski definition) is 1. The Bertz CT molecular complexity index is 602. The summed E-state index contributed by atoms with van der Waals surface area (Å²) < 4.78 is 0. The lowest BCUT2D eigenvalue weighted by Gasteiger charge is -2.07. The van der Waals surface area contributed by atoms with Gasteiger partial charge in [-0.05, 0) is 31.0 Å². The van der Waals surface area contributed by atoms with Gasteiger partial charge in [-0.25, -0.2) is 0 Å². The number of nitrogens with one attached hydrogen (secondary N) is 1. The summed E-state index contributed by atoms with van der Waals surface area (Å²) in [7, 11) is 0. The van der Waals surface area contributed by atoms with Crippen LogP contribution < -0.4 is 5.32 Å². The molecule has 0 aliphatic rings. The van der Waals surface area contributed by atoms with Gasteiger partial charge in [-0.2, -0.15) is 0 Å². The molecule has 110 valence electrons. The summed E-state index contributed by atoms with van der Waals surface area (Å²) in [6.07, 6.45) is 1.96. The van der Waals surface area contributed by atoms with Crippen molar-refractivity contribution in [2.24, 2.45) is 0 Å². The summed E-state index contributed by atoms with van der Waals surface area (Å²) in [5.41, 5.74) is 1.91. The van der Waals surface area contributed by atoms with E-state index in [2.05, 4.69) is 17.4 Å². The highest BCUT2D eigenvalue weighted by atomic mass is 35.5. The summed E-state index contributed by atoms with van der Waals surface area (Å²) >= 11 is 6.04. The predicted octanol–water partition coefficient (Wildman–Crippen LogP) is 3.97. The van der Waals surface area contributed by atoms with Crippen LogP contribution in [0.25, 0.3) is 0 Å². The first-order valence-corrected chi connectivity index (χ1v) is 7.22. The van der Waals surface area contributed by atoms with E-state index in [1.54, 1.807) is 12.1 Å². The van der Waals surface area contributed by atoms with Gasteiger partial charge in [-0.3, -0.25) is 10.1 Å². The molecule has 1 N–H and O–H groups in total. The van der Waals surface area contributed by atoms with Crippen molar-refractivity contribution in [3.8, 4) is 0 Å². The maximum atomic E-state index is 11.0. The molecule has 2 aromatic rings. The van der Waals surface area contributed by atoms with Crippen LogP contribution in [0, 0.1) is 10.1 Å². The van der Waals surface area contributed by atoms with Crippen molar-refractivity contribution in [2.45, 2.75) is 19.4 Å². The second-order valence-electron chi connectivity index (χ2n) is 4.76. The van der Waals surface area contributed by atoms with Crippen molar-refractivity contribution < 1.29 is 4.92 Å². The minimum atomic E-state index is -0.396. The van der Waals surface area contributed by atoms with Gasteiger partial charge in [0.2, 0.25) is 0 Å². The van der Waals surface area contributed by atoms with Crippen LogP contribution in [0.1, 0.15) is 17.5 Å². The van der Waals surface area contributed by atoms with Crippen LogP contribution in [0.4, 0.5) is 5.69 Å². The molecule has 0 saturated carbocycles. The van der Waals surface area contributed by atoms with Crippen LogP contribution >= 0.6 is 11.6 Å². The van der Waals surface area contributed by atoms with Gasteiger partial charge < -0.3 is 5.32 Å². The zero-order chi connectivity index (χ0) is 15.1. The molecule has 0 bridgehead atoms. The van der Waals surface area contributed by atoms with Gasteiger partial charge in [0.05, 0.1) is 15.5 Å². The fourth-order valence-corrected chi connectivity index (χ4v) is 2.41. The average molecular weight is 305 g/mol. The molecule has 0 atom stereocenters. The number of nitro groups is 1. The van der Waals surface area contributed by atoms with E-state index in [0.717, 1.165) is 19.4 Å². The number of hydrogen-bond acceptors (Lipinski definition) is 3. The minimum Gasteiger partial charge on any atom is -0.312 e. The van der Waals surface area contributed by atoms with Gasteiger partial charge in [0.25, 0.3) is 5.69 Å². The van der Waals surface area contributed by atoms with Crippen LogP contribution in [-0.2, 0) is 13.0 Å². The van der Waals surface area contributed by atoms with E-state index in [1.165, 1.54) is 11.6 Å². The number of rotatable bonds is 7. The number of aryl methyl sites for hydroxylation is 1. The standard InChI is InChI=1S/C16H17ClN2O2/c17-15-9-4-10-16(19(20)21)14(15)12-18-11-5-8-13-6-2-1-3-7-13/h1-4,6-7,9-10,18H,5,8,11-12H2. The molecule has 0 aliphatic heterocycles. The molecule has 5 heteroatoms. The fourth-order valence-electron chi connectivity index (χ4n) is 2.17. The van der Waals surface area contributed by atoms with Crippen molar-refractivity contribution in [1.29, 1.82) is 0 Å². The maximum Gasteiger partial charge on any atom is 0.275 e. The summed E-state index contributed by atoms with van der Waals surface area (Å²) in [5, 5.41) is 14.6. The molecule has 0 saturated heterocycles. The first-order valence-electron chi connectivity index (χ1n) is 6.85. The quantitative estimate of drug-likeness (QED) is 0.478. The summed E-state index contributed by atoms with van der Waals surface area (Å²) in [4.78, 5) is 10.6. The third kappa shape index (κ3) is 4.55. The van der Waals surface area contributed by atoms with E-state index in [9.17, 15) is 10.1 Å². The Kier molecular flexibility index (Phi) is 5.72. The van der Waals surface area contributed by atoms with Gasteiger partial charge in [-0.15, -0.1) is 0 Å². The van der Waals surface area contributed by atoms with Gasteiger partial charge in [-0.1, -0.05) is 48.0 Å². The van der Waals surface area contributed by atoms with Gasteiger partial charge >= 0.3 is 0 Å². The number of halogens is 1. The number of benzene rings is 2. The van der Waals surface area contributed by atoms with E-state index < -0.39 is 4.92 Å². The molecule has 2 rings (SSSR count). The molecule has 4 nitrogen and oxygen atoms in total. The zero-order valence-corrected chi connectivity index (χ0v) is 12.3. The highest BCUT2D eigenvalue weighted by Gasteiger charge is 2.15. The molecule has 0 radical (unpaired) electrons.